The molecule has 3 rings (SSSR count). The average molecular weight is 252 g/mol. The van der Waals surface area contributed by atoms with Gasteiger partial charge in [-0.2, -0.15) is 0 Å². The van der Waals surface area contributed by atoms with Crippen LogP contribution in [0.25, 0.3) is 22.0 Å². The molecule has 2 N–H and O–H groups in total. The molecule has 0 radical (unpaired) electrons. The molecular weight excluding hydrogens is 239 g/mol. The molecule has 19 heavy (non-hydrogen) atoms. The summed E-state index contributed by atoms with van der Waals surface area (Å²) in [5.74, 6) is -0.254. The second-order valence-corrected chi connectivity index (χ2v) is 4.40. The molecular formula is C16H13FN2. The van der Waals surface area contributed by atoms with Crippen molar-refractivity contribution in [2.75, 3.05) is 0 Å². The van der Waals surface area contributed by atoms with Crippen molar-refractivity contribution < 1.29 is 4.39 Å². The van der Waals surface area contributed by atoms with E-state index in [1.165, 1.54) is 6.07 Å². The molecule has 3 aromatic rings. The maximum Gasteiger partial charge on any atom is 0.131 e. The summed E-state index contributed by atoms with van der Waals surface area (Å²) in [6.07, 6.45) is 1.72. The Morgan fingerprint density at radius 3 is 2.68 bits per heavy atom. The summed E-state index contributed by atoms with van der Waals surface area (Å²) in [6, 6.07) is 14.6. The molecule has 0 unspecified atom stereocenters. The number of hydrogen-bond donors (Lipinski definition) is 1. The molecule has 0 saturated carbocycles. The van der Waals surface area contributed by atoms with Crippen molar-refractivity contribution >= 4 is 10.9 Å². The summed E-state index contributed by atoms with van der Waals surface area (Å²) < 4.78 is 14.1. The number of benzene rings is 2. The van der Waals surface area contributed by atoms with Crippen LogP contribution >= 0.6 is 0 Å². The molecule has 94 valence electrons. The van der Waals surface area contributed by atoms with Gasteiger partial charge in [0.15, 0.2) is 0 Å². The molecule has 1 heterocycles. The first-order chi connectivity index (χ1) is 9.29. The van der Waals surface area contributed by atoms with E-state index in [0.29, 0.717) is 12.1 Å². The number of para-hydroxylation sites is 1. The predicted octanol–water partition coefficient (Wildman–Crippen LogP) is 3.50. The van der Waals surface area contributed by atoms with E-state index in [1.54, 1.807) is 18.3 Å². The number of nitrogens with two attached hydrogens (primary N) is 1. The predicted molar refractivity (Wildman–Crippen MR) is 75.0 cm³/mol. The molecule has 2 aromatic carbocycles. The average Bonchev–Trinajstić information content (AvgIpc) is 2.47. The Hall–Kier alpha value is -2.26. The summed E-state index contributed by atoms with van der Waals surface area (Å²) in [5, 5.41) is 0.998. The van der Waals surface area contributed by atoms with Crippen LogP contribution in [-0.2, 0) is 6.54 Å². The van der Waals surface area contributed by atoms with E-state index in [9.17, 15) is 4.39 Å². The van der Waals surface area contributed by atoms with Crippen LogP contribution in [-0.4, -0.2) is 4.98 Å². The Morgan fingerprint density at radius 1 is 1.00 bits per heavy atom. The SMILES string of the molecule is NCc1ccc(F)c(-c2cccc3cccnc23)c1. The molecule has 0 amide bonds. The quantitative estimate of drug-likeness (QED) is 0.758. The Morgan fingerprint density at radius 2 is 1.84 bits per heavy atom. The molecule has 0 bridgehead atoms. The van der Waals surface area contributed by atoms with Crippen LogP contribution in [0, 0.1) is 5.82 Å². The minimum Gasteiger partial charge on any atom is -0.326 e. The smallest absolute Gasteiger partial charge is 0.131 e. The molecule has 0 aliphatic rings. The van der Waals surface area contributed by atoms with Crippen LogP contribution in [0.15, 0.2) is 54.7 Å². The number of aromatic nitrogens is 1. The Bertz CT molecular complexity index is 732. The van der Waals surface area contributed by atoms with E-state index >= 15 is 0 Å². The van der Waals surface area contributed by atoms with E-state index < -0.39 is 0 Å². The van der Waals surface area contributed by atoms with Gasteiger partial charge >= 0.3 is 0 Å². The van der Waals surface area contributed by atoms with Gasteiger partial charge in [0.2, 0.25) is 0 Å². The molecule has 1 aromatic heterocycles. The van der Waals surface area contributed by atoms with Gasteiger partial charge in [-0.1, -0.05) is 30.3 Å². The van der Waals surface area contributed by atoms with Crippen molar-refractivity contribution in [3.63, 3.8) is 0 Å². The number of fused-ring (bicyclic) bond motifs is 1. The first-order valence-corrected chi connectivity index (χ1v) is 6.12. The van der Waals surface area contributed by atoms with Crippen LogP contribution in [0.1, 0.15) is 5.56 Å². The van der Waals surface area contributed by atoms with Crippen LogP contribution in [0.4, 0.5) is 4.39 Å². The topological polar surface area (TPSA) is 38.9 Å². The standard InChI is InChI=1S/C16H13FN2/c17-15-7-6-11(10-18)9-14(15)13-5-1-3-12-4-2-8-19-16(12)13/h1-9H,10,18H2. The van der Waals surface area contributed by atoms with E-state index in [0.717, 1.165) is 22.0 Å². The summed E-state index contributed by atoms with van der Waals surface area (Å²) in [4.78, 5) is 4.36. The van der Waals surface area contributed by atoms with Crippen molar-refractivity contribution in [1.82, 2.24) is 4.98 Å². The zero-order valence-corrected chi connectivity index (χ0v) is 10.3. The van der Waals surface area contributed by atoms with Crippen molar-refractivity contribution in [3.05, 3.63) is 66.1 Å². The number of pyridine rings is 1. The lowest BCUT2D eigenvalue weighted by atomic mass is 9.99. The third-order valence-corrected chi connectivity index (χ3v) is 3.19. The van der Waals surface area contributed by atoms with Crippen molar-refractivity contribution in [3.8, 4) is 11.1 Å². The normalized spacial score (nSPS) is 10.8. The maximum atomic E-state index is 14.1. The molecule has 0 saturated heterocycles. The molecule has 0 spiro atoms. The summed E-state index contributed by atoms with van der Waals surface area (Å²) in [7, 11) is 0. The second kappa shape index (κ2) is 4.78. The third kappa shape index (κ3) is 2.09. The fraction of sp³-hybridized carbons (Fsp3) is 0.0625. The van der Waals surface area contributed by atoms with Gasteiger partial charge in [0.25, 0.3) is 0 Å². The van der Waals surface area contributed by atoms with Gasteiger partial charge in [0.1, 0.15) is 5.82 Å². The minimum absolute atomic E-state index is 0.254. The lowest BCUT2D eigenvalue weighted by Crippen LogP contribution is -1.97. The maximum absolute atomic E-state index is 14.1. The highest BCUT2D eigenvalue weighted by Gasteiger charge is 2.10. The third-order valence-electron chi connectivity index (χ3n) is 3.19. The molecule has 3 heteroatoms. The van der Waals surface area contributed by atoms with Crippen LogP contribution < -0.4 is 5.73 Å². The van der Waals surface area contributed by atoms with E-state index in [4.69, 9.17) is 5.73 Å². The zero-order chi connectivity index (χ0) is 13.2. The Labute approximate surface area is 110 Å². The van der Waals surface area contributed by atoms with Gasteiger partial charge in [0.05, 0.1) is 5.52 Å². The van der Waals surface area contributed by atoms with Crippen molar-refractivity contribution in [2.45, 2.75) is 6.54 Å². The van der Waals surface area contributed by atoms with Crippen molar-refractivity contribution in [2.24, 2.45) is 5.73 Å². The molecule has 0 aliphatic heterocycles. The molecule has 0 aliphatic carbocycles. The summed E-state index contributed by atoms with van der Waals surface area (Å²) in [6.45, 7) is 0.394. The van der Waals surface area contributed by atoms with Gasteiger partial charge in [-0.3, -0.25) is 4.98 Å². The molecule has 0 fully saturated rings. The van der Waals surface area contributed by atoms with E-state index in [1.807, 2.05) is 30.3 Å². The van der Waals surface area contributed by atoms with Crippen molar-refractivity contribution in [1.29, 1.82) is 0 Å². The number of nitrogens with zero attached hydrogens (tertiary/aromatic N) is 1. The number of rotatable bonds is 2. The fourth-order valence-electron chi connectivity index (χ4n) is 2.23. The first-order valence-electron chi connectivity index (χ1n) is 6.12. The highest BCUT2D eigenvalue weighted by Crippen LogP contribution is 2.29. The Balaban J connectivity index is 2.30. The first kappa shape index (κ1) is 11.8. The lowest BCUT2D eigenvalue weighted by molar-refractivity contribution is 0.630. The van der Waals surface area contributed by atoms with Gasteiger partial charge in [-0.25, -0.2) is 4.39 Å². The van der Waals surface area contributed by atoms with Gasteiger partial charge < -0.3 is 5.73 Å². The van der Waals surface area contributed by atoms with Crippen LogP contribution in [0.5, 0.6) is 0 Å². The van der Waals surface area contributed by atoms with Crippen LogP contribution in [0.2, 0.25) is 0 Å². The highest BCUT2D eigenvalue weighted by atomic mass is 19.1. The minimum atomic E-state index is -0.254. The van der Waals surface area contributed by atoms with Gasteiger partial charge in [-0.15, -0.1) is 0 Å². The fourth-order valence-corrected chi connectivity index (χ4v) is 2.23. The Kier molecular flexibility index (Phi) is 2.97. The summed E-state index contributed by atoms with van der Waals surface area (Å²) >= 11 is 0. The number of hydrogen-bond acceptors (Lipinski definition) is 2. The number of halogens is 1. The van der Waals surface area contributed by atoms with E-state index in [2.05, 4.69) is 4.98 Å². The second-order valence-electron chi connectivity index (χ2n) is 4.40. The summed E-state index contributed by atoms with van der Waals surface area (Å²) in [5.41, 5.74) is 8.68. The van der Waals surface area contributed by atoms with Gasteiger partial charge in [-0.05, 0) is 23.8 Å². The van der Waals surface area contributed by atoms with Crippen LogP contribution in [0.3, 0.4) is 0 Å². The highest BCUT2D eigenvalue weighted by molar-refractivity contribution is 5.93. The van der Waals surface area contributed by atoms with Gasteiger partial charge in [0, 0.05) is 29.3 Å². The molecule has 0 atom stereocenters. The lowest BCUT2D eigenvalue weighted by Gasteiger charge is -2.08. The zero-order valence-electron chi connectivity index (χ0n) is 10.3. The van der Waals surface area contributed by atoms with E-state index in [-0.39, 0.29) is 5.82 Å². The largest absolute Gasteiger partial charge is 0.326 e. The monoisotopic (exact) mass is 252 g/mol. The molecule has 2 nitrogen and oxygen atoms in total.